The normalized spacial score (nSPS) is 13.9. The number of carbonyl (C=O) groups excluding carboxylic acids is 3. The molecule has 16 heteroatoms. The molecule has 0 rings (SSSR count). The molecule has 3 amide bonds. The molecular formula is C20H40N10O5S. The van der Waals surface area contributed by atoms with E-state index in [1.54, 1.807) is 0 Å². The zero-order valence-corrected chi connectivity index (χ0v) is 21.6. The highest BCUT2D eigenvalue weighted by molar-refractivity contribution is 7.98. The predicted octanol–water partition coefficient (Wildman–Crippen LogP) is -3.27. The highest BCUT2D eigenvalue weighted by Crippen LogP contribution is 2.06. The number of carboxylic acids is 1. The fraction of sp³-hybridized carbons (Fsp3) is 0.700. The van der Waals surface area contributed by atoms with Crippen LogP contribution in [0.3, 0.4) is 0 Å². The first-order valence-electron chi connectivity index (χ1n) is 11.4. The minimum absolute atomic E-state index is 0.0588. The van der Waals surface area contributed by atoms with Gasteiger partial charge in [0.2, 0.25) is 17.7 Å². The van der Waals surface area contributed by atoms with Crippen molar-refractivity contribution in [2.24, 2.45) is 38.7 Å². The summed E-state index contributed by atoms with van der Waals surface area (Å²) in [4.78, 5) is 57.1. The van der Waals surface area contributed by atoms with E-state index in [1.807, 2.05) is 6.26 Å². The van der Waals surface area contributed by atoms with Gasteiger partial charge in [-0.15, -0.1) is 0 Å². The maximum atomic E-state index is 13.0. The van der Waals surface area contributed by atoms with Crippen LogP contribution in [0, 0.1) is 0 Å². The topological polar surface area (TPSA) is 279 Å². The van der Waals surface area contributed by atoms with E-state index in [4.69, 9.17) is 33.8 Å². The molecule has 0 aromatic rings. The molecule has 0 radical (unpaired) electrons. The Morgan fingerprint density at radius 1 is 0.806 bits per heavy atom. The van der Waals surface area contributed by atoms with Crippen molar-refractivity contribution in [3.63, 3.8) is 0 Å². The van der Waals surface area contributed by atoms with Crippen LogP contribution in [0.15, 0.2) is 9.98 Å². The molecule has 0 spiro atoms. The molecule has 0 bridgehead atoms. The summed E-state index contributed by atoms with van der Waals surface area (Å²) in [5.41, 5.74) is 27.1. The molecule has 36 heavy (non-hydrogen) atoms. The minimum atomic E-state index is -1.23. The van der Waals surface area contributed by atoms with Gasteiger partial charge in [0.05, 0.1) is 6.04 Å². The van der Waals surface area contributed by atoms with Gasteiger partial charge in [0.15, 0.2) is 11.9 Å². The van der Waals surface area contributed by atoms with Crippen LogP contribution in [0.4, 0.5) is 0 Å². The largest absolute Gasteiger partial charge is 0.480 e. The summed E-state index contributed by atoms with van der Waals surface area (Å²) in [6.07, 6.45) is 3.36. The Morgan fingerprint density at radius 3 is 1.78 bits per heavy atom. The van der Waals surface area contributed by atoms with Gasteiger partial charge < -0.3 is 49.7 Å². The molecule has 0 aromatic heterocycles. The van der Waals surface area contributed by atoms with Crippen molar-refractivity contribution in [3.8, 4) is 0 Å². The summed E-state index contributed by atoms with van der Waals surface area (Å²) < 4.78 is 0. The van der Waals surface area contributed by atoms with Crippen molar-refractivity contribution < 1.29 is 24.3 Å². The van der Waals surface area contributed by atoms with E-state index >= 15 is 0 Å². The second-order valence-corrected chi connectivity index (χ2v) is 8.96. The monoisotopic (exact) mass is 532 g/mol. The van der Waals surface area contributed by atoms with Crippen molar-refractivity contribution >= 4 is 47.4 Å². The third kappa shape index (κ3) is 14.9. The fourth-order valence-corrected chi connectivity index (χ4v) is 3.33. The van der Waals surface area contributed by atoms with Crippen molar-refractivity contribution in [3.05, 3.63) is 0 Å². The van der Waals surface area contributed by atoms with Gasteiger partial charge in [0.1, 0.15) is 18.1 Å². The van der Waals surface area contributed by atoms with Crippen LogP contribution in [0.5, 0.6) is 0 Å². The van der Waals surface area contributed by atoms with Crippen LogP contribution in [0.1, 0.15) is 39.0 Å². The van der Waals surface area contributed by atoms with Gasteiger partial charge >= 0.3 is 5.97 Å². The summed E-state index contributed by atoms with van der Waals surface area (Å²) in [7, 11) is 0. The highest BCUT2D eigenvalue weighted by atomic mass is 32.2. The quantitative estimate of drug-likeness (QED) is 0.0479. The molecule has 0 saturated heterocycles. The van der Waals surface area contributed by atoms with E-state index in [0.29, 0.717) is 31.6 Å². The van der Waals surface area contributed by atoms with Gasteiger partial charge in [-0.3, -0.25) is 29.2 Å². The van der Waals surface area contributed by atoms with E-state index in [2.05, 4.69) is 25.9 Å². The molecule has 4 atom stereocenters. The van der Waals surface area contributed by atoms with E-state index in [1.165, 1.54) is 18.7 Å². The first kappa shape index (κ1) is 32.7. The molecule has 0 saturated carbocycles. The number of guanidine groups is 2. The van der Waals surface area contributed by atoms with Crippen molar-refractivity contribution in [1.29, 1.82) is 0 Å². The Labute approximate surface area is 214 Å². The van der Waals surface area contributed by atoms with E-state index in [9.17, 15) is 19.2 Å². The standard InChI is InChI=1S/C20H40N10O5S/c1-11(18(34)35)28-16(32)13(6-4-9-27-20(24)25)30-17(33)14(7-10-36-2)29-15(31)12(21)5-3-8-26-19(22)23/h11-14H,3-10,21H2,1-2H3,(H,28,32)(H,29,31)(H,30,33)(H,34,35)(H4,22,23,26)(H4,24,25,27). The van der Waals surface area contributed by atoms with Gasteiger partial charge in [0.25, 0.3) is 0 Å². The van der Waals surface area contributed by atoms with E-state index < -0.39 is 47.9 Å². The van der Waals surface area contributed by atoms with Crippen molar-refractivity contribution in [1.82, 2.24) is 16.0 Å². The van der Waals surface area contributed by atoms with Crippen molar-refractivity contribution in [2.75, 3.05) is 25.1 Å². The Bertz CT molecular complexity index is 787. The molecule has 206 valence electrons. The number of thioether (sulfide) groups is 1. The molecule has 0 aliphatic heterocycles. The number of rotatable bonds is 18. The van der Waals surface area contributed by atoms with Gasteiger partial charge in [-0.2, -0.15) is 11.8 Å². The minimum Gasteiger partial charge on any atom is -0.480 e. The van der Waals surface area contributed by atoms with Gasteiger partial charge in [-0.25, -0.2) is 0 Å². The van der Waals surface area contributed by atoms with Crippen LogP contribution < -0.4 is 44.6 Å². The van der Waals surface area contributed by atoms with E-state index in [-0.39, 0.29) is 31.3 Å². The van der Waals surface area contributed by atoms with E-state index in [0.717, 1.165) is 0 Å². The number of amides is 3. The predicted molar refractivity (Wildman–Crippen MR) is 140 cm³/mol. The Hall–Kier alpha value is -3.27. The average Bonchev–Trinajstić information content (AvgIpc) is 2.80. The van der Waals surface area contributed by atoms with Gasteiger partial charge in [0, 0.05) is 13.1 Å². The number of hydrogen-bond acceptors (Lipinski definition) is 8. The number of aliphatic carboxylic acids is 1. The number of nitrogens with zero attached hydrogens (tertiary/aromatic N) is 2. The fourth-order valence-electron chi connectivity index (χ4n) is 2.85. The molecule has 0 aliphatic carbocycles. The summed E-state index contributed by atoms with van der Waals surface area (Å²) in [6, 6.07) is -4.09. The maximum absolute atomic E-state index is 13.0. The molecule has 14 N–H and O–H groups in total. The zero-order chi connectivity index (χ0) is 27.7. The number of aliphatic imine (C=N–C) groups is 2. The van der Waals surface area contributed by atoms with Crippen LogP contribution in [-0.2, 0) is 19.2 Å². The molecular weight excluding hydrogens is 492 g/mol. The van der Waals surface area contributed by atoms with Crippen LogP contribution >= 0.6 is 11.8 Å². The number of carbonyl (C=O) groups is 4. The second kappa shape index (κ2) is 18.1. The lowest BCUT2D eigenvalue weighted by Gasteiger charge is -2.24. The molecule has 0 aromatic carbocycles. The Balaban J connectivity index is 5.32. The summed E-state index contributed by atoms with van der Waals surface area (Å²) in [6.45, 7) is 1.82. The summed E-state index contributed by atoms with van der Waals surface area (Å²) in [5.74, 6) is -2.67. The van der Waals surface area contributed by atoms with Crippen LogP contribution in [0.25, 0.3) is 0 Å². The molecule has 0 aliphatic rings. The SMILES string of the molecule is CSCCC(NC(=O)C(N)CCCN=C(N)N)C(=O)NC(CCCN=C(N)N)C(=O)NC(C)C(=O)O. The number of nitrogens with two attached hydrogens (primary N) is 5. The first-order valence-corrected chi connectivity index (χ1v) is 12.8. The number of nitrogens with one attached hydrogen (secondary N) is 3. The lowest BCUT2D eigenvalue weighted by molar-refractivity contribution is -0.141. The van der Waals surface area contributed by atoms with Gasteiger partial charge in [-0.05, 0) is 51.0 Å². The van der Waals surface area contributed by atoms with Gasteiger partial charge in [-0.1, -0.05) is 0 Å². The highest BCUT2D eigenvalue weighted by Gasteiger charge is 2.29. The third-order valence-electron chi connectivity index (χ3n) is 4.86. The second-order valence-electron chi connectivity index (χ2n) is 7.98. The molecule has 0 fully saturated rings. The smallest absolute Gasteiger partial charge is 0.325 e. The first-order chi connectivity index (χ1) is 16.9. The summed E-state index contributed by atoms with van der Waals surface area (Å²) >= 11 is 1.47. The summed E-state index contributed by atoms with van der Waals surface area (Å²) in [5, 5.41) is 16.6. The number of hydrogen-bond donors (Lipinski definition) is 9. The third-order valence-corrected chi connectivity index (χ3v) is 5.50. The zero-order valence-electron chi connectivity index (χ0n) is 20.7. The molecule has 4 unspecified atom stereocenters. The lowest BCUT2D eigenvalue weighted by Crippen LogP contribution is -2.57. The van der Waals surface area contributed by atoms with Crippen molar-refractivity contribution in [2.45, 2.75) is 63.2 Å². The Kier molecular flexibility index (Phi) is 16.4. The van der Waals surface area contributed by atoms with Crippen LogP contribution in [-0.4, -0.2) is 90.0 Å². The molecule has 15 nitrogen and oxygen atoms in total. The molecule has 0 heterocycles. The average molecular weight is 533 g/mol. The number of carboxylic acid groups (broad SMARTS) is 1. The van der Waals surface area contributed by atoms with Crippen LogP contribution in [0.2, 0.25) is 0 Å². The maximum Gasteiger partial charge on any atom is 0.325 e. The Morgan fingerprint density at radius 2 is 1.28 bits per heavy atom. The lowest BCUT2D eigenvalue weighted by atomic mass is 10.1.